The van der Waals surface area contributed by atoms with Gasteiger partial charge in [0.05, 0.1) is 11.9 Å². The van der Waals surface area contributed by atoms with Gasteiger partial charge in [-0.25, -0.2) is 0 Å². The number of aromatic nitrogens is 2. The Morgan fingerprint density at radius 2 is 2.27 bits per heavy atom. The Labute approximate surface area is 67.5 Å². The molecule has 1 heterocycles. The normalized spacial score (nSPS) is 10.5. The molecule has 0 aliphatic heterocycles. The summed E-state index contributed by atoms with van der Waals surface area (Å²) in [6, 6.07) is 0. The van der Waals surface area contributed by atoms with Crippen molar-refractivity contribution < 1.29 is 0 Å². The van der Waals surface area contributed by atoms with E-state index in [9.17, 15) is 0 Å². The smallest absolute Gasteiger partial charge is 0.0635 e. The van der Waals surface area contributed by atoms with Gasteiger partial charge in [-0.05, 0) is 17.6 Å². The Morgan fingerprint density at radius 1 is 1.64 bits per heavy atom. The van der Waals surface area contributed by atoms with Crippen LogP contribution in [0.15, 0.2) is 12.8 Å². The maximum atomic E-state index is 4.15. The molecule has 0 atom stereocenters. The van der Waals surface area contributed by atoms with Crippen LogP contribution in [0.3, 0.4) is 0 Å². The molecule has 1 aromatic rings. The highest BCUT2D eigenvalue weighted by Gasteiger charge is 2.07. The number of aryl methyl sites for hydroxylation is 1. The minimum atomic E-state index is 0.525. The molecule has 0 spiro atoms. The first kappa shape index (κ1) is 8.05. The van der Waals surface area contributed by atoms with Crippen molar-refractivity contribution in [3.05, 3.63) is 24.0 Å². The Hall–Kier alpha value is -1.05. The van der Waals surface area contributed by atoms with E-state index in [1.54, 1.807) is 0 Å². The molecular weight excluding hydrogens is 136 g/mol. The first-order valence-corrected chi connectivity index (χ1v) is 3.81. The Kier molecular flexibility index (Phi) is 2.13. The summed E-state index contributed by atoms with van der Waals surface area (Å²) in [5.41, 5.74) is 2.39. The second-order valence-electron chi connectivity index (χ2n) is 2.97. The molecule has 0 saturated carbocycles. The van der Waals surface area contributed by atoms with Crippen molar-refractivity contribution in [1.82, 2.24) is 9.78 Å². The summed E-state index contributed by atoms with van der Waals surface area (Å²) in [6.45, 7) is 8.06. The van der Waals surface area contributed by atoms with Gasteiger partial charge in [-0.15, -0.1) is 0 Å². The third-order valence-corrected chi connectivity index (χ3v) is 1.83. The molecular formula is C9H14N2. The molecule has 0 radical (unpaired) electrons. The molecule has 1 aromatic heterocycles. The van der Waals surface area contributed by atoms with Crippen molar-refractivity contribution in [1.29, 1.82) is 0 Å². The fourth-order valence-corrected chi connectivity index (χ4v) is 1.16. The summed E-state index contributed by atoms with van der Waals surface area (Å²) in [5, 5.41) is 4.15. The molecule has 60 valence electrons. The van der Waals surface area contributed by atoms with Gasteiger partial charge >= 0.3 is 0 Å². The van der Waals surface area contributed by atoms with Gasteiger partial charge in [0.2, 0.25) is 0 Å². The van der Waals surface area contributed by atoms with Crippen LogP contribution < -0.4 is 0 Å². The quantitative estimate of drug-likeness (QED) is 0.632. The minimum absolute atomic E-state index is 0.525. The molecule has 0 aromatic carbocycles. The van der Waals surface area contributed by atoms with Crippen LogP contribution in [-0.4, -0.2) is 9.78 Å². The fraction of sp³-hybridized carbons (Fsp3) is 0.444. The summed E-state index contributed by atoms with van der Waals surface area (Å²) in [6.07, 6.45) is 3.75. The predicted molar refractivity (Wildman–Crippen MR) is 47.4 cm³/mol. The van der Waals surface area contributed by atoms with Gasteiger partial charge in [0.15, 0.2) is 0 Å². The topological polar surface area (TPSA) is 17.8 Å². The molecule has 0 saturated heterocycles. The van der Waals surface area contributed by atoms with E-state index in [-0.39, 0.29) is 0 Å². The lowest BCUT2D eigenvalue weighted by Gasteiger charge is -2.02. The van der Waals surface area contributed by atoms with Gasteiger partial charge in [-0.1, -0.05) is 20.4 Å². The largest absolute Gasteiger partial charge is 0.268 e. The standard InChI is InChI=1S/C9H14N2/c1-5-9-8(7(2)3)6-10-11(9)4/h5-7H,1H2,2-4H3. The average molecular weight is 150 g/mol. The van der Waals surface area contributed by atoms with Crippen LogP contribution in [0, 0.1) is 0 Å². The maximum Gasteiger partial charge on any atom is 0.0635 e. The molecule has 0 fully saturated rings. The van der Waals surface area contributed by atoms with Crippen LogP contribution in [0.1, 0.15) is 31.0 Å². The fourth-order valence-electron chi connectivity index (χ4n) is 1.16. The van der Waals surface area contributed by atoms with Gasteiger partial charge in [0.1, 0.15) is 0 Å². The summed E-state index contributed by atoms with van der Waals surface area (Å²) < 4.78 is 1.85. The van der Waals surface area contributed by atoms with E-state index in [0.717, 1.165) is 5.69 Å². The van der Waals surface area contributed by atoms with Crippen molar-refractivity contribution in [2.75, 3.05) is 0 Å². The monoisotopic (exact) mass is 150 g/mol. The molecule has 1 rings (SSSR count). The second-order valence-corrected chi connectivity index (χ2v) is 2.97. The van der Waals surface area contributed by atoms with Crippen LogP contribution in [0.5, 0.6) is 0 Å². The van der Waals surface area contributed by atoms with Gasteiger partial charge in [-0.2, -0.15) is 5.10 Å². The molecule has 0 amide bonds. The van der Waals surface area contributed by atoms with Crippen LogP contribution >= 0.6 is 0 Å². The first-order chi connectivity index (χ1) is 5.16. The van der Waals surface area contributed by atoms with E-state index in [4.69, 9.17) is 0 Å². The number of hydrogen-bond donors (Lipinski definition) is 0. The molecule has 0 aliphatic carbocycles. The SMILES string of the molecule is C=Cc1c(C(C)C)cnn1C. The molecule has 0 aliphatic rings. The molecule has 2 nitrogen and oxygen atoms in total. The lowest BCUT2D eigenvalue weighted by molar-refractivity contribution is 0.755. The minimum Gasteiger partial charge on any atom is -0.268 e. The maximum absolute atomic E-state index is 4.15. The highest BCUT2D eigenvalue weighted by atomic mass is 15.3. The van der Waals surface area contributed by atoms with E-state index in [2.05, 4.69) is 25.5 Å². The van der Waals surface area contributed by atoms with Crippen molar-refractivity contribution in [3.63, 3.8) is 0 Å². The summed E-state index contributed by atoms with van der Waals surface area (Å²) in [5.74, 6) is 0.525. The zero-order valence-electron chi connectivity index (χ0n) is 7.33. The zero-order chi connectivity index (χ0) is 8.43. The van der Waals surface area contributed by atoms with Gasteiger partial charge < -0.3 is 0 Å². The summed E-state index contributed by atoms with van der Waals surface area (Å²) >= 11 is 0. The number of nitrogens with zero attached hydrogens (tertiary/aromatic N) is 2. The van der Waals surface area contributed by atoms with E-state index >= 15 is 0 Å². The predicted octanol–water partition coefficient (Wildman–Crippen LogP) is 2.19. The van der Waals surface area contributed by atoms with Crippen LogP contribution in [-0.2, 0) is 7.05 Å². The average Bonchev–Trinajstić information content (AvgIpc) is 2.30. The second kappa shape index (κ2) is 2.91. The zero-order valence-corrected chi connectivity index (χ0v) is 7.33. The van der Waals surface area contributed by atoms with Crippen molar-refractivity contribution in [3.8, 4) is 0 Å². The molecule has 0 N–H and O–H groups in total. The number of rotatable bonds is 2. The summed E-state index contributed by atoms with van der Waals surface area (Å²) in [7, 11) is 1.93. The molecule has 0 unspecified atom stereocenters. The Balaban J connectivity index is 3.15. The third-order valence-electron chi connectivity index (χ3n) is 1.83. The highest BCUT2D eigenvalue weighted by Crippen LogP contribution is 2.18. The lowest BCUT2D eigenvalue weighted by atomic mass is 10.0. The van der Waals surface area contributed by atoms with Gasteiger partial charge in [0, 0.05) is 7.05 Å². The van der Waals surface area contributed by atoms with E-state index < -0.39 is 0 Å². The van der Waals surface area contributed by atoms with Crippen molar-refractivity contribution in [2.45, 2.75) is 19.8 Å². The van der Waals surface area contributed by atoms with Gasteiger partial charge in [-0.3, -0.25) is 4.68 Å². The molecule has 11 heavy (non-hydrogen) atoms. The van der Waals surface area contributed by atoms with Crippen molar-refractivity contribution >= 4 is 6.08 Å². The van der Waals surface area contributed by atoms with Crippen molar-refractivity contribution in [2.24, 2.45) is 7.05 Å². The summed E-state index contributed by atoms with van der Waals surface area (Å²) in [4.78, 5) is 0. The molecule has 2 heteroatoms. The molecule has 0 bridgehead atoms. The highest BCUT2D eigenvalue weighted by molar-refractivity contribution is 5.47. The van der Waals surface area contributed by atoms with Crippen LogP contribution in [0.2, 0.25) is 0 Å². The van der Waals surface area contributed by atoms with Crippen LogP contribution in [0.25, 0.3) is 6.08 Å². The lowest BCUT2D eigenvalue weighted by Crippen LogP contribution is -1.95. The van der Waals surface area contributed by atoms with E-state index in [1.165, 1.54) is 5.56 Å². The van der Waals surface area contributed by atoms with E-state index in [1.807, 2.05) is 24.0 Å². The Bertz CT molecular complexity index is 259. The third kappa shape index (κ3) is 1.34. The Morgan fingerprint density at radius 3 is 2.64 bits per heavy atom. The first-order valence-electron chi connectivity index (χ1n) is 3.81. The van der Waals surface area contributed by atoms with Crippen LogP contribution in [0.4, 0.5) is 0 Å². The van der Waals surface area contributed by atoms with Gasteiger partial charge in [0.25, 0.3) is 0 Å². The number of hydrogen-bond acceptors (Lipinski definition) is 1. The van der Waals surface area contributed by atoms with E-state index in [0.29, 0.717) is 5.92 Å².